The lowest BCUT2D eigenvalue weighted by molar-refractivity contribution is -0.141. The third-order valence-electron chi connectivity index (χ3n) is 5.30. The minimum absolute atomic E-state index is 0.00729. The van der Waals surface area contributed by atoms with E-state index in [0.29, 0.717) is 32.4 Å². The number of benzene rings is 1. The van der Waals surface area contributed by atoms with Crippen molar-refractivity contribution in [1.82, 2.24) is 10.2 Å². The first-order valence-corrected chi connectivity index (χ1v) is 8.08. The summed E-state index contributed by atoms with van der Waals surface area (Å²) in [7, 11) is 0. The molecule has 1 aromatic rings. The number of piperidine rings is 1. The first-order chi connectivity index (χ1) is 11.1. The molecule has 1 unspecified atom stereocenters. The fourth-order valence-corrected chi connectivity index (χ4v) is 3.94. The van der Waals surface area contributed by atoms with E-state index in [-0.39, 0.29) is 17.7 Å². The molecule has 3 amide bonds. The van der Waals surface area contributed by atoms with Gasteiger partial charge in [-0.25, -0.2) is 0 Å². The number of carbonyl (C=O) groups excluding carboxylic acids is 3. The summed E-state index contributed by atoms with van der Waals surface area (Å²) in [5.74, 6) is -0.437. The molecule has 1 atom stereocenters. The van der Waals surface area contributed by atoms with Gasteiger partial charge in [0.1, 0.15) is 0 Å². The Morgan fingerprint density at radius 2 is 2.04 bits per heavy atom. The summed E-state index contributed by atoms with van der Waals surface area (Å²) < 4.78 is 0. The van der Waals surface area contributed by atoms with Gasteiger partial charge in [-0.2, -0.15) is 0 Å². The predicted octanol–water partition coefficient (Wildman–Crippen LogP) is 0.923. The zero-order valence-electron chi connectivity index (χ0n) is 12.9. The fourth-order valence-electron chi connectivity index (χ4n) is 3.94. The minimum Gasteiger partial charge on any atom is -0.384 e. The fraction of sp³-hybridized carbons (Fsp3) is 0.471. The van der Waals surface area contributed by atoms with Crippen LogP contribution in [0, 0.1) is 5.41 Å². The van der Waals surface area contributed by atoms with Crippen molar-refractivity contribution in [2.45, 2.75) is 25.7 Å². The molecule has 3 aliphatic rings. The third-order valence-corrected chi connectivity index (χ3v) is 5.30. The maximum absolute atomic E-state index is 12.9. The second kappa shape index (κ2) is 5.08. The Balaban J connectivity index is 1.56. The number of nitrogens with zero attached hydrogens (tertiary/aromatic N) is 1. The molecule has 23 heavy (non-hydrogen) atoms. The number of rotatable bonds is 1. The van der Waals surface area contributed by atoms with Gasteiger partial charge in [0.25, 0.3) is 5.91 Å². The van der Waals surface area contributed by atoms with Crippen molar-refractivity contribution in [3.63, 3.8) is 0 Å². The molecule has 0 saturated carbocycles. The SMILES string of the molecule is O=C1CCC2(CCN(C(=O)c3cccc4c3CCN4)C2)C(=O)N1. The van der Waals surface area contributed by atoms with Crippen molar-refractivity contribution in [3.8, 4) is 0 Å². The smallest absolute Gasteiger partial charge is 0.254 e. The van der Waals surface area contributed by atoms with Crippen molar-refractivity contribution >= 4 is 23.4 Å². The van der Waals surface area contributed by atoms with Crippen LogP contribution >= 0.6 is 0 Å². The van der Waals surface area contributed by atoms with Crippen LogP contribution in [0.2, 0.25) is 0 Å². The molecule has 0 bridgehead atoms. The molecule has 6 heteroatoms. The number of carbonyl (C=O) groups is 3. The Bertz CT molecular complexity index is 715. The molecule has 2 N–H and O–H groups in total. The topological polar surface area (TPSA) is 78.5 Å². The van der Waals surface area contributed by atoms with E-state index in [1.165, 1.54) is 0 Å². The molecule has 0 aliphatic carbocycles. The van der Waals surface area contributed by atoms with E-state index >= 15 is 0 Å². The van der Waals surface area contributed by atoms with Crippen LogP contribution in [0.1, 0.15) is 35.2 Å². The van der Waals surface area contributed by atoms with Crippen molar-refractivity contribution < 1.29 is 14.4 Å². The molecule has 2 saturated heterocycles. The summed E-state index contributed by atoms with van der Waals surface area (Å²) in [4.78, 5) is 38.3. The lowest BCUT2D eigenvalue weighted by Crippen LogP contribution is -2.50. The van der Waals surface area contributed by atoms with Crippen molar-refractivity contribution in [2.75, 3.05) is 25.0 Å². The van der Waals surface area contributed by atoms with Crippen molar-refractivity contribution in [1.29, 1.82) is 0 Å². The molecule has 1 aromatic carbocycles. The van der Waals surface area contributed by atoms with Gasteiger partial charge in [0.2, 0.25) is 11.8 Å². The normalized spacial score (nSPS) is 26.2. The van der Waals surface area contributed by atoms with E-state index in [2.05, 4.69) is 10.6 Å². The van der Waals surface area contributed by atoms with Crippen molar-refractivity contribution in [3.05, 3.63) is 29.3 Å². The van der Waals surface area contributed by atoms with Gasteiger partial charge in [0, 0.05) is 37.3 Å². The average Bonchev–Trinajstić information content (AvgIpc) is 3.18. The number of anilines is 1. The molecule has 3 heterocycles. The highest BCUT2D eigenvalue weighted by Crippen LogP contribution is 2.38. The summed E-state index contributed by atoms with van der Waals surface area (Å²) >= 11 is 0. The van der Waals surface area contributed by atoms with Gasteiger partial charge in [-0.3, -0.25) is 19.7 Å². The lowest BCUT2D eigenvalue weighted by atomic mass is 9.79. The molecule has 120 valence electrons. The van der Waals surface area contributed by atoms with Gasteiger partial charge < -0.3 is 10.2 Å². The summed E-state index contributed by atoms with van der Waals surface area (Å²) in [5, 5.41) is 5.71. The quantitative estimate of drug-likeness (QED) is 0.756. The summed E-state index contributed by atoms with van der Waals surface area (Å²) in [6.45, 7) is 1.83. The molecule has 3 aliphatic heterocycles. The standard InChI is InChI=1S/C17H19N3O3/c21-14-4-6-17(16(23)19-14)7-9-20(10-17)15(22)12-2-1-3-13-11(12)5-8-18-13/h1-3,18H,4-10H2,(H,19,21,23). The molecular formula is C17H19N3O3. The summed E-state index contributed by atoms with van der Waals surface area (Å²) in [6.07, 6.45) is 2.38. The van der Waals surface area contributed by atoms with Crippen LogP contribution in [0.4, 0.5) is 5.69 Å². The molecule has 6 nitrogen and oxygen atoms in total. The number of hydrogen-bond donors (Lipinski definition) is 2. The number of fused-ring (bicyclic) bond motifs is 1. The molecule has 4 rings (SSSR count). The average molecular weight is 313 g/mol. The highest BCUT2D eigenvalue weighted by molar-refractivity contribution is 6.02. The van der Waals surface area contributed by atoms with Crippen LogP contribution in [-0.4, -0.2) is 42.3 Å². The number of hydrogen-bond acceptors (Lipinski definition) is 4. The number of amides is 3. The van der Waals surface area contributed by atoms with E-state index in [1.807, 2.05) is 18.2 Å². The molecule has 2 fully saturated rings. The van der Waals surface area contributed by atoms with Crippen LogP contribution in [0.5, 0.6) is 0 Å². The summed E-state index contributed by atoms with van der Waals surface area (Å²) in [6, 6.07) is 5.75. The van der Waals surface area contributed by atoms with Crippen molar-refractivity contribution in [2.24, 2.45) is 5.41 Å². The molecule has 0 radical (unpaired) electrons. The maximum atomic E-state index is 12.9. The van der Waals surface area contributed by atoms with E-state index in [1.54, 1.807) is 4.90 Å². The number of nitrogens with one attached hydrogen (secondary N) is 2. The van der Waals surface area contributed by atoms with Crippen LogP contribution in [0.3, 0.4) is 0 Å². The van der Waals surface area contributed by atoms with Gasteiger partial charge in [-0.05, 0) is 37.0 Å². The molecule has 1 spiro atoms. The van der Waals surface area contributed by atoms with Crippen LogP contribution in [0.15, 0.2) is 18.2 Å². The van der Waals surface area contributed by atoms with Gasteiger partial charge in [0.15, 0.2) is 0 Å². The van der Waals surface area contributed by atoms with E-state index in [0.717, 1.165) is 29.8 Å². The first-order valence-electron chi connectivity index (χ1n) is 8.08. The minimum atomic E-state index is -0.584. The van der Waals surface area contributed by atoms with Crippen LogP contribution in [-0.2, 0) is 16.0 Å². The number of likely N-dealkylation sites (tertiary alicyclic amines) is 1. The van der Waals surface area contributed by atoms with E-state index in [9.17, 15) is 14.4 Å². The Morgan fingerprint density at radius 3 is 2.87 bits per heavy atom. The molecular weight excluding hydrogens is 294 g/mol. The zero-order valence-corrected chi connectivity index (χ0v) is 12.9. The highest BCUT2D eigenvalue weighted by Gasteiger charge is 2.48. The highest BCUT2D eigenvalue weighted by atomic mass is 16.2. The van der Waals surface area contributed by atoms with E-state index in [4.69, 9.17) is 0 Å². The molecule has 0 aromatic heterocycles. The lowest BCUT2D eigenvalue weighted by Gasteiger charge is -2.31. The Hall–Kier alpha value is -2.37. The van der Waals surface area contributed by atoms with Gasteiger partial charge >= 0.3 is 0 Å². The Morgan fingerprint density at radius 1 is 1.17 bits per heavy atom. The van der Waals surface area contributed by atoms with Gasteiger partial charge in [-0.1, -0.05) is 6.07 Å². The third kappa shape index (κ3) is 2.20. The largest absolute Gasteiger partial charge is 0.384 e. The van der Waals surface area contributed by atoms with Gasteiger partial charge in [0.05, 0.1) is 5.41 Å². The second-order valence-electron chi connectivity index (χ2n) is 6.64. The Labute approximate surface area is 134 Å². The van der Waals surface area contributed by atoms with E-state index < -0.39 is 5.41 Å². The number of imide groups is 1. The second-order valence-corrected chi connectivity index (χ2v) is 6.64. The summed E-state index contributed by atoms with van der Waals surface area (Å²) in [5.41, 5.74) is 2.25. The predicted molar refractivity (Wildman–Crippen MR) is 84.0 cm³/mol. The Kier molecular flexibility index (Phi) is 3.14. The first kappa shape index (κ1) is 14.2. The maximum Gasteiger partial charge on any atom is 0.254 e. The van der Waals surface area contributed by atoms with Crippen LogP contribution < -0.4 is 10.6 Å². The van der Waals surface area contributed by atoms with Crippen LogP contribution in [0.25, 0.3) is 0 Å². The monoisotopic (exact) mass is 313 g/mol. The zero-order chi connectivity index (χ0) is 16.0. The van der Waals surface area contributed by atoms with Gasteiger partial charge in [-0.15, -0.1) is 0 Å².